The highest BCUT2D eigenvalue weighted by atomic mass is 16.5. The third-order valence-electron chi connectivity index (χ3n) is 7.26. The van der Waals surface area contributed by atoms with Crippen LogP contribution in [0.5, 0.6) is 0 Å². The fourth-order valence-electron chi connectivity index (χ4n) is 4.85. The molecule has 0 saturated heterocycles. The number of aliphatic hydroxyl groups excluding tert-OH is 1. The minimum absolute atomic E-state index is 0.00617. The van der Waals surface area contributed by atoms with Crippen molar-refractivity contribution in [3.8, 4) is 0 Å². The molecule has 214 valence electrons. The maximum Gasteiger partial charge on any atom is 0.306 e. The van der Waals surface area contributed by atoms with E-state index in [1.165, 1.54) is 77.0 Å². The molecule has 0 fully saturated rings. The number of rotatable bonds is 29. The van der Waals surface area contributed by atoms with Gasteiger partial charge in [0, 0.05) is 25.9 Å². The van der Waals surface area contributed by atoms with Crippen LogP contribution in [-0.4, -0.2) is 29.6 Å². The van der Waals surface area contributed by atoms with Crippen molar-refractivity contribution in [1.29, 1.82) is 0 Å². The van der Waals surface area contributed by atoms with E-state index in [4.69, 9.17) is 9.84 Å². The van der Waals surface area contributed by atoms with E-state index < -0.39 is 0 Å². The molecule has 0 amide bonds. The van der Waals surface area contributed by atoms with Crippen LogP contribution in [0.4, 0.5) is 0 Å². The van der Waals surface area contributed by atoms with E-state index in [9.17, 15) is 9.59 Å². The van der Waals surface area contributed by atoms with E-state index >= 15 is 0 Å². The molecule has 0 saturated carbocycles. The number of carbonyl (C=O) groups excluding carboxylic acids is 2. The van der Waals surface area contributed by atoms with E-state index in [0.717, 1.165) is 70.6 Å². The van der Waals surface area contributed by atoms with Crippen molar-refractivity contribution in [2.24, 2.45) is 0 Å². The molecule has 0 rings (SSSR count). The summed E-state index contributed by atoms with van der Waals surface area (Å²) in [6.45, 7) is 4.76. The first kappa shape index (κ1) is 35.1. The third-order valence-corrected chi connectivity index (χ3v) is 7.26. The first-order chi connectivity index (χ1) is 17.6. The molecule has 1 N–H and O–H groups in total. The van der Waals surface area contributed by atoms with Crippen molar-refractivity contribution in [3.63, 3.8) is 0 Å². The predicted molar refractivity (Wildman–Crippen MR) is 153 cm³/mol. The van der Waals surface area contributed by atoms with E-state index in [1.807, 2.05) is 0 Å². The average Bonchev–Trinajstić information content (AvgIpc) is 2.87. The van der Waals surface area contributed by atoms with Gasteiger partial charge in [-0.2, -0.15) is 0 Å². The van der Waals surface area contributed by atoms with E-state index in [-0.39, 0.29) is 18.7 Å². The van der Waals surface area contributed by atoms with Gasteiger partial charge >= 0.3 is 5.97 Å². The number of Topliss-reactive ketones (excluding diaryl/α,β-unsaturated/α-hetero) is 1. The molecule has 0 radical (unpaired) electrons. The summed E-state index contributed by atoms with van der Waals surface area (Å²) in [5.74, 6) is 0.373. The summed E-state index contributed by atoms with van der Waals surface area (Å²) in [5, 5.41) is 8.78. The van der Waals surface area contributed by atoms with E-state index in [2.05, 4.69) is 13.8 Å². The van der Waals surface area contributed by atoms with Crippen molar-refractivity contribution in [3.05, 3.63) is 0 Å². The highest BCUT2D eigenvalue weighted by Gasteiger charge is 2.14. The summed E-state index contributed by atoms with van der Waals surface area (Å²) in [5.41, 5.74) is 0. The Bertz CT molecular complexity index is 461. The summed E-state index contributed by atoms with van der Waals surface area (Å²) in [7, 11) is 0. The molecule has 36 heavy (non-hydrogen) atoms. The van der Waals surface area contributed by atoms with Gasteiger partial charge in [-0.25, -0.2) is 0 Å². The van der Waals surface area contributed by atoms with E-state index in [1.54, 1.807) is 0 Å². The highest BCUT2D eigenvalue weighted by Crippen LogP contribution is 2.18. The van der Waals surface area contributed by atoms with Crippen molar-refractivity contribution in [2.45, 2.75) is 187 Å². The molecule has 0 unspecified atom stereocenters. The molecule has 0 aliphatic carbocycles. The zero-order valence-corrected chi connectivity index (χ0v) is 24.3. The summed E-state index contributed by atoms with van der Waals surface area (Å²) in [6.07, 6.45) is 28.4. The number of hydrogen-bond donors (Lipinski definition) is 1. The van der Waals surface area contributed by atoms with Crippen LogP contribution in [0.3, 0.4) is 0 Å². The quantitative estimate of drug-likeness (QED) is 0.0803. The predicted octanol–water partition coefficient (Wildman–Crippen LogP) is 9.64. The number of unbranched alkanes of at least 4 members (excludes halogenated alkanes) is 17. The Kier molecular flexibility index (Phi) is 28.0. The lowest BCUT2D eigenvalue weighted by molar-refractivity contribution is -0.150. The Morgan fingerprint density at radius 3 is 1.39 bits per heavy atom. The summed E-state index contributed by atoms with van der Waals surface area (Å²) in [6, 6.07) is 0. The molecule has 0 atom stereocenters. The van der Waals surface area contributed by atoms with Gasteiger partial charge in [-0.05, 0) is 51.4 Å². The second-order valence-corrected chi connectivity index (χ2v) is 10.9. The minimum atomic E-state index is -0.00617. The Morgan fingerprint density at radius 1 is 0.528 bits per heavy atom. The Labute approximate surface area is 224 Å². The van der Waals surface area contributed by atoms with Crippen molar-refractivity contribution < 1.29 is 19.4 Å². The van der Waals surface area contributed by atoms with Gasteiger partial charge in [0.25, 0.3) is 0 Å². The lowest BCUT2D eigenvalue weighted by Crippen LogP contribution is -2.18. The molecule has 0 aliphatic heterocycles. The smallest absolute Gasteiger partial charge is 0.306 e. The van der Waals surface area contributed by atoms with Gasteiger partial charge in [-0.1, -0.05) is 110 Å². The van der Waals surface area contributed by atoms with Crippen LogP contribution in [0.2, 0.25) is 0 Å². The second-order valence-electron chi connectivity index (χ2n) is 10.9. The number of ketones is 1. The van der Waals surface area contributed by atoms with Crippen LogP contribution in [-0.2, 0) is 14.3 Å². The lowest BCUT2D eigenvalue weighted by Gasteiger charge is -2.18. The minimum Gasteiger partial charge on any atom is -0.462 e. The maximum absolute atomic E-state index is 12.5. The fraction of sp³-hybridized carbons (Fsp3) is 0.938. The first-order valence-electron chi connectivity index (χ1n) is 16.0. The zero-order chi connectivity index (χ0) is 26.5. The van der Waals surface area contributed by atoms with Gasteiger partial charge in [-0.15, -0.1) is 0 Å². The topological polar surface area (TPSA) is 63.6 Å². The lowest BCUT2D eigenvalue weighted by atomic mass is 10.0. The monoisotopic (exact) mass is 510 g/mol. The van der Waals surface area contributed by atoms with Gasteiger partial charge in [-0.3, -0.25) is 9.59 Å². The molecular weight excluding hydrogens is 448 g/mol. The SMILES string of the molecule is CCCCCCCCC(CCCCCCCC)OC(=O)CCCCCCCC(=O)CCCCCCO. The molecule has 0 aromatic rings. The molecule has 0 aromatic carbocycles. The molecule has 0 heterocycles. The number of hydrogen-bond acceptors (Lipinski definition) is 4. The van der Waals surface area contributed by atoms with Crippen LogP contribution in [0.25, 0.3) is 0 Å². The summed E-state index contributed by atoms with van der Waals surface area (Å²) < 4.78 is 5.93. The van der Waals surface area contributed by atoms with Gasteiger partial charge < -0.3 is 9.84 Å². The number of aliphatic hydroxyl groups is 1. The van der Waals surface area contributed by atoms with Crippen LogP contribution >= 0.6 is 0 Å². The standard InChI is InChI=1S/C32H62O4/c1-3-5-7-9-13-20-26-31(27-21-14-10-8-6-4-2)36-32(35)28-22-15-11-12-18-24-30(34)25-19-16-17-23-29-33/h31,33H,3-29H2,1-2H3. The molecular formula is C32H62O4. The Balaban J connectivity index is 3.92. The second kappa shape index (κ2) is 28.7. The summed E-state index contributed by atoms with van der Waals surface area (Å²) in [4.78, 5) is 24.4. The van der Waals surface area contributed by atoms with Crippen LogP contribution < -0.4 is 0 Å². The molecule has 0 aliphatic rings. The normalized spacial score (nSPS) is 11.3. The Morgan fingerprint density at radius 2 is 0.917 bits per heavy atom. The maximum atomic E-state index is 12.5. The third kappa shape index (κ3) is 26.2. The summed E-state index contributed by atoms with van der Waals surface area (Å²) >= 11 is 0. The van der Waals surface area contributed by atoms with Crippen molar-refractivity contribution in [2.75, 3.05) is 6.61 Å². The molecule has 0 aromatic heterocycles. The van der Waals surface area contributed by atoms with Crippen LogP contribution in [0.1, 0.15) is 181 Å². The Hall–Kier alpha value is -0.900. The molecule has 0 bridgehead atoms. The largest absolute Gasteiger partial charge is 0.462 e. The van der Waals surface area contributed by atoms with Gasteiger partial charge in [0.1, 0.15) is 11.9 Å². The van der Waals surface area contributed by atoms with Gasteiger partial charge in [0.05, 0.1) is 0 Å². The molecule has 4 nitrogen and oxygen atoms in total. The van der Waals surface area contributed by atoms with Gasteiger partial charge in [0.15, 0.2) is 0 Å². The van der Waals surface area contributed by atoms with Gasteiger partial charge in [0.2, 0.25) is 0 Å². The van der Waals surface area contributed by atoms with Crippen LogP contribution in [0.15, 0.2) is 0 Å². The molecule has 0 spiro atoms. The highest BCUT2D eigenvalue weighted by molar-refractivity contribution is 5.78. The fourth-order valence-corrected chi connectivity index (χ4v) is 4.85. The average molecular weight is 511 g/mol. The number of ether oxygens (including phenoxy) is 1. The number of carbonyl (C=O) groups is 2. The number of esters is 1. The first-order valence-corrected chi connectivity index (χ1v) is 16.0. The van der Waals surface area contributed by atoms with E-state index in [0.29, 0.717) is 25.0 Å². The van der Waals surface area contributed by atoms with Crippen LogP contribution in [0, 0.1) is 0 Å². The molecule has 4 heteroatoms. The zero-order valence-electron chi connectivity index (χ0n) is 24.3. The van der Waals surface area contributed by atoms with Crippen molar-refractivity contribution >= 4 is 11.8 Å². The van der Waals surface area contributed by atoms with Crippen molar-refractivity contribution in [1.82, 2.24) is 0 Å².